The first-order valence-corrected chi connectivity index (χ1v) is 8.68. The summed E-state index contributed by atoms with van der Waals surface area (Å²) in [5.41, 5.74) is 0.776. The Kier molecular flexibility index (Phi) is 4.25. The average Bonchev–Trinajstić information content (AvgIpc) is 3.04. The first-order chi connectivity index (χ1) is 12.1. The number of amides is 1. The van der Waals surface area contributed by atoms with E-state index in [0.717, 1.165) is 43.3 Å². The van der Waals surface area contributed by atoms with Gasteiger partial charge in [0.2, 0.25) is 5.91 Å². The summed E-state index contributed by atoms with van der Waals surface area (Å²) in [4.78, 5) is 14.6. The van der Waals surface area contributed by atoms with Crippen molar-refractivity contribution in [1.29, 1.82) is 0 Å². The summed E-state index contributed by atoms with van der Waals surface area (Å²) in [6, 6.07) is 6.01. The van der Waals surface area contributed by atoms with E-state index in [1.807, 2.05) is 17.6 Å². The number of hydrogen-bond acceptors (Lipinski definition) is 4. The van der Waals surface area contributed by atoms with Crippen molar-refractivity contribution in [2.45, 2.75) is 44.8 Å². The van der Waals surface area contributed by atoms with E-state index >= 15 is 0 Å². The van der Waals surface area contributed by atoms with Crippen molar-refractivity contribution in [3.8, 4) is 0 Å². The number of fused-ring (bicyclic) bond motifs is 1. The number of hydrogen-bond donors (Lipinski definition) is 0. The molecule has 0 aliphatic carbocycles. The Bertz CT molecular complexity index is 785. The summed E-state index contributed by atoms with van der Waals surface area (Å²) >= 11 is 0. The first-order valence-electron chi connectivity index (χ1n) is 8.68. The van der Waals surface area contributed by atoms with Gasteiger partial charge in [0.1, 0.15) is 17.7 Å². The Morgan fingerprint density at radius 1 is 1.28 bits per heavy atom. The van der Waals surface area contributed by atoms with Crippen LogP contribution in [0.25, 0.3) is 0 Å². The third kappa shape index (κ3) is 3.04. The van der Waals surface area contributed by atoms with Crippen LogP contribution in [-0.2, 0) is 22.6 Å². The molecule has 7 heteroatoms. The summed E-state index contributed by atoms with van der Waals surface area (Å²) in [5.74, 6) is 1.71. The quantitative estimate of drug-likeness (QED) is 0.858. The van der Waals surface area contributed by atoms with Gasteiger partial charge in [-0.25, -0.2) is 4.39 Å². The minimum atomic E-state index is -0.342. The molecule has 1 saturated heterocycles. The third-order valence-electron chi connectivity index (χ3n) is 5.03. The Balaban J connectivity index is 1.58. The molecule has 1 aromatic carbocycles. The molecule has 1 amide bonds. The molecule has 3 heterocycles. The fourth-order valence-electron chi connectivity index (χ4n) is 3.71. The predicted molar refractivity (Wildman–Crippen MR) is 88.2 cm³/mol. The maximum atomic E-state index is 13.4. The van der Waals surface area contributed by atoms with Crippen LogP contribution in [0.15, 0.2) is 24.3 Å². The molecule has 0 bridgehead atoms. The number of halogens is 1. The lowest BCUT2D eigenvalue weighted by Crippen LogP contribution is -2.42. The molecule has 1 atom stereocenters. The highest BCUT2D eigenvalue weighted by atomic mass is 19.1. The van der Waals surface area contributed by atoms with Crippen molar-refractivity contribution in [2.75, 3.05) is 13.2 Å². The standard InChI is InChI=1S/C18H21FN4O2/c1-12-18(24)22(10-13-3-2-4-15(19)9-13)11-16-20-21-17(23(12)16)14-5-7-25-8-6-14/h2-4,9,12,14H,5-8,10-11H2,1H3/t12-/m0/s1. The minimum absolute atomic E-state index is 0.0184. The molecule has 0 unspecified atom stereocenters. The Hall–Kier alpha value is -2.28. The summed E-state index contributed by atoms with van der Waals surface area (Å²) in [6.07, 6.45) is 1.82. The number of carbonyl (C=O) groups excluding carboxylic acids is 1. The lowest BCUT2D eigenvalue weighted by atomic mass is 9.98. The zero-order valence-corrected chi connectivity index (χ0v) is 14.2. The van der Waals surface area contributed by atoms with Gasteiger partial charge in [-0.1, -0.05) is 12.1 Å². The van der Waals surface area contributed by atoms with Crippen molar-refractivity contribution in [1.82, 2.24) is 19.7 Å². The molecule has 2 aliphatic rings. The lowest BCUT2D eigenvalue weighted by molar-refractivity contribution is -0.137. The van der Waals surface area contributed by atoms with E-state index in [4.69, 9.17) is 4.74 Å². The van der Waals surface area contributed by atoms with Crippen LogP contribution in [0.2, 0.25) is 0 Å². The molecule has 2 aromatic rings. The van der Waals surface area contributed by atoms with Crippen LogP contribution in [0, 0.1) is 5.82 Å². The monoisotopic (exact) mass is 344 g/mol. The lowest BCUT2D eigenvalue weighted by Gasteiger charge is -2.33. The Morgan fingerprint density at radius 3 is 2.84 bits per heavy atom. The van der Waals surface area contributed by atoms with Crippen molar-refractivity contribution >= 4 is 5.91 Å². The van der Waals surface area contributed by atoms with Gasteiger partial charge >= 0.3 is 0 Å². The van der Waals surface area contributed by atoms with Crippen LogP contribution in [0.4, 0.5) is 4.39 Å². The molecular weight excluding hydrogens is 323 g/mol. The van der Waals surface area contributed by atoms with E-state index in [1.54, 1.807) is 11.0 Å². The van der Waals surface area contributed by atoms with E-state index < -0.39 is 0 Å². The van der Waals surface area contributed by atoms with Crippen molar-refractivity contribution in [3.05, 3.63) is 47.3 Å². The normalized spacial score (nSPS) is 21.4. The van der Waals surface area contributed by atoms with Gasteiger partial charge in [0.15, 0.2) is 5.82 Å². The van der Waals surface area contributed by atoms with Gasteiger partial charge in [0, 0.05) is 25.7 Å². The van der Waals surface area contributed by atoms with Gasteiger partial charge in [-0.2, -0.15) is 0 Å². The number of benzene rings is 1. The zero-order valence-electron chi connectivity index (χ0n) is 14.2. The summed E-state index contributed by atoms with van der Waals surface area (Å²) in [6.45, 7) is 4.10. The van der Waals surface area contributed by atoms with Crippen molar-refractivity contribution < 1.29 is 13.9 Å². The summed E-state index contributed by atoms with van der Waals surface area (Å²) in [5, 5.41) is 8.71. The highest BCUT2D eigenvalue weighted by molar-refractivity contribution is 5.81. The van der Waals surface area contributed by atoms with Crippen LogP contribution in [0.5, 0.6) is 0 Å². The molecule has 0 N–H and O–H groups in total. The van der Waals surface area contributed by atoms with Crippen LogP contribution in [0.1, 0.15) is 48.9 Å². The Morgan fingerprint density at radius 2 is 2.08 bits per heavy atom. The number of nitrogens with zero attached hydrogens (tertiary/aromatic N) is 4. The van der Waals surface area contributed by atoms with Gasteiger partial charge in [-0.15, -0.1) is 10.2 Å². The molecule has 25 heavy (non-hydrogen) atoms. The molecule has 6 nitrogen and oxygen atoms in total. The van der Waals surface area contributed by atoms with E-state index in [2.05, 4.69) is 10.2 Å². The largest absolute Gasteiger partial charge is 0.381 e. The van der Waals surface area contributed by atoms with Crippen LogP contribution >= 0.6 is 0 Å². The van der Waals surface area contributed by atoms with Crippen molar-refractivity contribution in [3.63, 3.8) is 0 Å². The smallest absolute Gasteiger partial charge is 0.246 e. The predicted octanol–water partition coefficient (Wildman–Crippen LogP) is 2.41. The van der Waals surface area contributed by atoms with Crippen LogP contribution in [-0.4, -0.2) is 38.8 Å². The second-order valence-corrected chi connectivity index (χ2v) is 6.73. The molecule has 0 radical (unpaired) electrons. The van der Waals surface area contributed by atoms with Crippen LogP contribution < -0.4 is 0 Å². The van der Waals surface area contributed by atoms with E-state index in [9.17, 15) is 9.18 Å². The molecule has 1 aromatic heterocycles. The summed E-state index contributed by atoms with van der Waals surface area (Å²) < 4.78 is 20.8. The maximum absolute atomic E-state index is 13.4. The highest BCUT2D eigenvalue weighted by Crippen LogP contribution is 2.31. The van der Waals surface area contributed by atoms with Crippen molar-refractivity contribution in [2.24, 2.45) is 0 Å². The van der Waals surface area contributed by atoms with Gasteiger partial charge in [0.25, 0.3) is 0 Å². The Labute approximate surface area is 145 Å². The van der Waals surface area contributed by atoms with Gasteiger partial charge in [0.05, 0.1) is 6.54 Å². The molecule has 1 fully saturated rings. The number of ether oxygens (including phenoxy) is 1. The van der Waals surface area contributed by atoms with E-state index in [0.29, 0.717) is 19.0 Å². The number of aromatic nitrogens is 3. The fraction of sp³-hybridized carbons (Fsp3) is 0.500. The van der Waals surface area contributed by atoms with Gasteiger partial charge in [-0.05, 0) is 37.5 Å². The molecule has 2 aliphatic heterocycles. The molecule has 4 rings (SSSR count). The number of carbonyl (C=O) groups is 1. The van der Waals surface area contributed by atoms with E-state index in [1.165, 1.54) is 12.1 Å². The second kappa shape index (κ2) is 6.55. The second-order valence-electron chi connectivity index (χ2n) is 6.73. The van der Waals surface area contributed by atoms with E-state index in [-0.39, 0.29) is 17.8 Å². The SMILES string of the molecule is C[C@H]1C(=O)N(Cc2cccc(F)c2)Cc2nnc(C3CCOCC3)n21. The zero-order chi connectivity index (χ0) is 17.4. The molecule has 132 valence electrons. The maximum Gasteiger partial charge on any atom is 0.246 e. The first kappa shape index (κ1) is 16.2. The number of rotatable bonds is 3. The average molecular weight is 344 g/mol. The minimum Gasteiger partial charge on any atom is -0.381 e. The molecular formula is C18H21FN4O2. The van der Waals surface area contributed by atoms with Crippen LogP contribution in [0.3, 0.4) is 0 Å². The van der Waals surface area contributed by atoms with Gasteiger partial charge in [-0.3, -0.25) is 4.79 Å². The topological polar surface area (TPSA) is 60.3 Å². The van der Waals surface area contributed by atoms with Gasteiger partial charge < -0.3 is 14.2 Å². The fourth-order valence-corrected chi connectivity index (χ4v) is 3.71. The summed E-state index contributed by atoms with van der Waals surface area (Å²) in [7, 11) is 0. The highest BCUT2D eigenvalue weighted by Gasteiger charge is 2.35. The molecule has 0 saturated carbocycles. The molecule has 0 spiro atoms. The third-order valence-corrected chi connectivity index (χ3v) is 5.03.